The molecule has 0 fully saturated rings. The van der Waals surface area contributed by atoms with Crippen molar-refractivity contribution in [1.82, 2.24) is 0 Å². The van der Waals surface area contributed by atoms with Crippen LogP contribution in [0.5, 0.6) is 0 Å². The van der Waals surface area contributed by atoms with Crippen molar-refractivity contribution >= 4 is 11.6 Å². The van der Waals surface area contributed by atoms with Crippen molar-refractivity contribution in [1.29, 1.82) is 0 Å². The fraction of sp³-hybridized carbons (Fsp3) is 0.143. The Morgan fingerprint density at radius 3 is 2.53 bits per heavy atom. The van der Waals surface area contributed by atoms with Crippen molar-refractivity contribution < 1.29 is 13.2 Å². The molecule has 0 saturated heterocycles. The minimum Gasteiger partial charge on any atom is -0.324 e. The van der Waals surface area contributed by atoms with Crippen molar-refractivity contribution in [2.24, 2.45) is 5.73 Å². The molecule has 0 aliphatic rings. The number of hydrogen-bond acceptors (Lipinski definition) is 1. The number of nitrogens with two attached hydrogens (primary N) is 1. The van der Waals surface area contributed by atoms with E-state index in [0.717, 1.165) is 6.07 Å². The van der Waals surface area contributed by atoms with E-state index in [4.69, 9.17) is 17.3 Å². The van der Waals surface area contributed by atoms with Gasteiger partial charge in [0.25, 0.3) is 0 Å². The third kappa shape index (κ3) is 3.08. The zero-order chi connectivity index (χ0) is 14.0. The van der Waals surface area contributed by atoms with Gasteiger partial charge in [-0.2, -0.15) is 0 Å². The predicted molar refractivity (Wildman–Crippen MR) is 68.4 cm³/mol. The van der Waals surface area contributed by atoms with Crippen LogP contribution < -0.4 is 5.73 Å². The first-order chi connectivity index (χ1) is 8.99. The second-order valence-corrected chi connectivity index (χ2v) is 4.63. The van der Waals surface area contributed by atoms with Crippen molar-refractivity contribution in [3.8, 4) is 0 Å². The Labute approximate surface area is 113 Å². The Morgan fingerprint density at radius 1 is 1.05 bits per heavy atom. The lowest BCUT2D eigenvalue weighted by atomic mass is 9.99. The van der Waals surface area contributed by atoms with Gasteiger partial charge in [-0.1, -0.05) is 23.7 Å². The van der Waals surface area contributed by atoms with Crippen LogP contribution in [0.4, 0.5) is 13.2 Å². The van der Waals surface area contributed by atoms with Crippen LogP contribution in [-0.4, -0.2) is 0 Å². The third-order valence-corrected chi connectivity index (χ3v) is 3.06. The second kappa shape index (κ2) is 5.63. The molecule has 0 radical (unpaired) electrons. The molecule has 0 saturated carbocycles. The molecule has 0 aliphatic heterocycles. The molecule has 0 amide bonds. The fourth-order valence-electron chi connectivity index (χ4n) is 1.85. The first-order valence-corrected chi connectivity index (χ1v) is 6.00. The first kappa shape index (κ1) is 13.9. The van der Waals surface area contributed by atoms with Gasteiger partial charge in [0, 0.05) is 16.6 Å². The molecule has 0 bridgehead atoms. The maximum atomic E-state index is 13.6. The number of halogens is 4. The Morgan fingerprint density at radius 2 is 1.79 bits per heavy atom. The fourth-order valence-corrected chi connectivity index (χ4v) is 2.03. The summed E-state index contributed by atoms with van der Waals surface area (Å²) in [5.74, 6) is -2.43. The number of rotatable bonds is 3. The van der Waals surface area contributed by atoms with Crippen LogP contribution in [-0.2, 0) is 6.42 Å². The van der Waals surface area contributed by atoms with Crippen LogP contribution in [0.15, 0.2) is 36.4 Å². The maximum absolute atomic E-state index is 13.6. The minimum atomic E-state index is -0.958. The summed E-state index contributed by atoms with van der Waals surface area (Å²) in [6, 6.07) is 7.00. The molecule has 19 heavy (non-hydrogen) atoms. The molecule has 100 valence electrons. The van der Waals surface area contributed by atoms with Crippen molar-refractivity contribution in [3.63, 3.8) is 0 Å². The average Bonchev–Trinajstić information content (AvgIpc) is 2.38. The standard InChI is InChI=1S/C14H11ClF3N/c15-9-4-5-11(16)10(7-9)13(19)6-8-2-1-3-12(17)14(8)18/h1-5,7,13H,6,19H2. The summed E-state index contributed by atoms with van der Waals surface area (Å²) in [5, 5.41) is 0.339. The highest BCUT2D eigenvalue weighted by Gasteiger charge is 2.16. The summed E-state index contributed by atoms with van der Waals surface area (Å²) in [5.41, 5.74) is 6.11. The predicted octanol–water partition coefficient (Wildman–Crippen LogP) is 4.00. The quantitative estimate of drug-likeness (QED) is 0.906. The normalized spacial score (nSPS) is 12.5. The highest BCUT2D eigenvalue weighted by atomic mass is 35.5. The zero-order valence-electron chi connectivity index (χ0n) is 9.84. The molecule has 0 aromatic heterocycles. The largest absolute Gasteiger partial charge is 0.324 e. The van der Waals surface area contributed by atoms with Gasteiger partial charge in [0.05, 0.1) is 0 Å². The maximum Gasteiger partial charge on any atom is 0.162 e. The Kier molecular flexibility index (Phi) is 4.12. The van der Waals surface area contributed by atoms with E-state index in [9.17, 15) is 13.2 Å². The van der Waals surface area contributed by atoms with Crippen LogP contribution in [0, 0.1) is 17.5 Å². The number of hydrogen-bond donors (Lipinski definition) is 1. The molecule has 0 aliphatic carbocycles. The van der Waals surface area contributed by atoms with Crippen LogP contribution in [0.25, 0.3) is 0 Å². The summed E-state index contributed by atoms with van der Waals surface area (Å²) < 4.78 is 40.2. The Hall–Kier alpha value is -1.52. The Balaban J connectivity index is 2.28. The van der Waals surface area contributed by atoms with Crippen molar-refractivity contribution in [3.05, 3.63) is 70.0 Å². The van der Waals surface area contributed by atoms with Gasteiger partial charge in [-0.3, -0.25) is 0 Å². The smallest absolute Gasteiger partial charge is 0.162 e. The van der Waals surface area contributed by atoms with Crippen LogP contribution in [0.2, 0.25) is 5.02 Å². The van der Waals surface area contributed by atoms with E-state index in [1.165, 1.54) is 30.3 Å². The molecule has 2 aromatic carbocycles. The lowest BCUT2D eigenvalue weighted by molar-refractivity contribution is 0.492. The van der Waals surface area contributed by atoms with Gasteiger partial charge in [0.1, 0.15) is 5.82 Å². The van der Waals surface area contributed by atoms with Gasteiger partial charge in [-0.05, 0) is 36.2 Å². The van der Waals surface area contributed by atoms with Gasteiger partial charge in [0.15, 0.2) is 11.6 Å². The van der Waals surface area contributed by atoms with E-state index < -0.39 is 23.5 Å². The van der Waals surface area contributed by atoms with Crippen LogP contribution in [0.1, 0.15) is 17.2 Å². The second-order valence-electron chi connectivity index (χ2n) is 4.19. The Bertz CT molecular complexity index is 601. The molecule has 2 N–H and O–H groups in total. The van der Waals surface area contributed by atoms with Crippen molar-refractivity contribution in [2.75, 3.05) is 0 Å². The van der Waals surface area contributed by atoms with Gasteiger partial charge >= 0.3 is 0 Å². The average molecular weight is 286 g/mol. The highest BCUT2D eigenvalue weighted by Crippen LogP contribution is 2.24. The van der Waals surface area contributed by atoms with E-state index in [0.29, 0.717) is 5.02 Å². The van der Waals surface area contributed by atoms with E-state index in [1.54, 1.807) is 0 Å². The highest BCUT2D eigenvalue weighted by molar-refractivity contribution is 6.30. The summed E-state index contributed by atoms with van der Waals surface area (Å²) >= 11 is 5.76. The molecular formula is C14H11ClF3N. The van der Waals surface area contributed by atoms with Crippen LogP contribution in [0.3, 0.4) is 0 Å². The summed E-state index contributed by atoms with van der Waals surface area (Å²) in [6.45, 7) is 0. The molecule has 1 atom stereocenters. The molecule has 2 rings (SSSR count). The lowest BCUT2D eigenvalue weighted by Gasteiger charge is -2.14. The monoisotopic (exact) mass is 285 g/mol. The molecule has 5 heteroatoms. The first-order valence-electron chi connectivity index (χ1n) is 5.62. The molecule has 2 aromatic rings. The van der Waals surface area contributed by atoms with E-state index in [2.05, 4.69) is 0 Å². The third-order valence-electron chi connectivity index (χ3n) is 2.83. The van der Waals surface area contributed by atoms with Crippen molar-refractivity contribution in [2.45, 2.75) is 12.5 Å². The van der Waals surface area contributed by atoms with Gasteiger partial charge in [-0.25, -0.2) is 13.2 Å². The summed E-state index contributed by atoms with van der Waals surface area (Å²) in [7, 11) is 0. The SMILES string of the molecule is NC(Cc1cccc(F)c1F)c1cc(Cl)ccc1F. The van der Waals surface area contributed by atoms with E-state index in [-0.39, 0.29) is 17.5 Å². The molecular weight excluding hydrogens is 275 g/mol. The molecule has 0 spiro atoms. The summed E-state index contributed by atoms with van der Waals surface area (Å²) in [4.78, 5) is 0. The van der Waals surface area contributed by atoms with Gasteiger partial charge < -0.3 is 5.73 Å². The van der Waals surface area contributed by atoms with E-state index in [1.807, 2.05) is 0 Å². The van der Waals surface area contributed by atoms with Gasteiger partial charge in [-0.15, -0.1) is 0 Å². The number of benzene rings is 2. The topological polar surface area (TPSA) is 26.0 Å². The molecule has 1 nitrogen and oxygen atoms in total. The lowest BCUT2D eigenvalue weighted by Crippen LogP contribution is -2.16. The molecule has 0 heterocycles. The summed E-state index contributed by atoms with van der Waals surface area (Å²) in [6.07, 6.45) is -0.0130. The zero-order valence-corrected chi connectivity index (χ0v) is 10.6. The van der Waals surface area contributed by atoms with Gasteiger partial charge in [0.2, 0.25) is 0 Å². The molecule has 1 unspecified atom stereocenters. The van der Waals surface area contributed by atoms with E-state index >= 15 is 0 Å². The minimum absolute atomic E-state index is 0.0130. The van der Waals surface area contributed by atoms with Crippen LogP contribution >= 0.6 is 11.6 Å².